The Morgan fingerprint density at radius 1 is 0.800 bits per heavy atom. The maximum absolute atomic E-state index is 14.5. The summed E-state index contributed by atoms with van der Waals surface area (Å²) in [5, 5.41) is -2.44. The minimum Gasteiger partial charge on any atom is -0.294 e. The zero-order valence-corrected chi connectivity index (χ0v) is 18.6. The zero-order chi connectivity index (χ0) is 27.3. The van der Waals surface area contributed by atoms with Crippen LogP contribution in [0.3, 0.4) is 0 Å². The van der Waals surface area contributed by atoms with Crippen molar-refractivity contribution in [3.8, 4) is 0 Å². The number of ketones is 1. The second-order valence-corrected chi connectivity index (χ2v) is 8.34. The van der Waals surface area contributed by atoms with Gasteiger partial charge < -0.3 is 0 Å². The van der Waals surface area contributed by atoms with Crippen molar-refractivity contribution >= 4 is 21.7 Å². The number of benzene rings is 1. The van der Waals surface area contributed by atoms with Gasteiger partial charge in [-0.15, -0.1) is 0 Å². The van der Waals surface area contributed by atoms with Gasteiger partial charge in [0.05, 0.1) is 5.33 Å². The summed E-state index contributed by atoms with van der Waals surface area (Å²) in [5.41, 5.74) is -1.42. The number of carbonyl (C=O) groups excluding carboxylic acids is 1. The molecule has 1 aliphatic carbocycles. The predicted molar refractivity (Wildman–Crippen MR) is 99.7 cm³/mol. The number of hydrogen-bond donors (Lipinski definition) is 0. The van der Waals surface area contributed by atoms with E-state index in [9.17, 15) is 61.9 Å². The van der Waals surface area contributed by atoms with Crippen molar-refractivity contribution in [2.75, 3.05) is 5.33 Å². The van der Waals surface area contributed by atoms with Crippen molar-refractivity contribution in [3.63, 3.8) is 0 Å². The Bertz CT molecular complexity index is 972. The van der Waals surface area contributed by atoms with Crippen LogP contribution >= 0.6 is 15.9 Å². The van der Waals surface area contributed by atoms with Gasteiger partial charge in [-0.25, -0.2) is 4.39 Å². The van der Waals surface area contributed by atoms with Gasteiger partial charge in [-0.3, -0.25) is 4.79 Å². The molecule has 1 aromatic rings. The third-order valence-corrected chi connectivity index (χ3v) is 6.23. The normalized spacial score (nSPS) is 20.7. The van der Waals surface area contributed by atoms with Crippen molar-refractivity contribution in [3.05, 3.63) is 47.3 Å². The molecule has 0 aliphatic heterocycles. The van der Waals surface area contributed by atoms with Crippen LogP contribution < -0.4 is 0 Å². The van der Waals surface area contributed by atoms with Crippen LogP contribution in [-0.2, 0) is 4.79 Å². The molecule has 1 nitrogen and oxygen atoms in total. The molecule has 0 aromatic heterocycles. The van der Waals surface area contributed by atoms with E-state index in [2.05, 4.69) is 0 Å². The number of allylic oxidation sites excluding steroid dienone is 2. The van der Waals surface area contributed by atoms with Gasteiger partial charge in [-0.05, 0) is 24.3 Å². The van der Waals surface area contributed by atoms with Crippen molar-refractivity contribution in [2.24, 2.45) is 0 Å². The molecule has 1 saturated carbocycles. The molecule has 15 heteroatoms. The first-order valence-corrected chi connectivity index (χ1v) is 10.6. The molecule has 0 amide bonds. The van der Waals surface area contributed by atoms with Gasteiger partial charge >= 0.3 is 35.5 Å². The minimum atomic E-state index is -7.91. The molecule has 35 heavy (non-hydrogen) atoms. The van der Waals surface area contributed by atoms with Crippen LogP contribution in [0.15, 0.2) is 41.7 Å². The highest BCUT2D eigenvalue weighted by Crippen LogP contribution is 2.61. The van der Waals surface area contributed by atoms with Crippen LogP contribution in [0.25, 0.3) is 0 Å². The van der Waals surface area contributed by atoms with Crippen LogP contribution in [0.1, 0.15) is 30.7 Å². The molecule has 0 N–H and O–H groups in total. The topological polar surface area (TPSA) is 17.1 Å². The quantitative estimate of drug-likeness (QED) is 0.169. The van der Waals surface area contributed by atoms with Crippen molar-refractivity contribution < 1.29 is 61.9 Å². The highest BCUT2D eigenvalue weighted by molar-refractivity contribution is 9.09. The lowest BCUT2D eigenvalue weighted by molar-refractivity contribution is -0.419. The lowest BCUT2D eigenvalue weighted by atomic mass is 9.79. The number of Topliss-reactive ketones (excluding diaryl/α,β-unsaturated/α-hetero) is 1. The molecule has 1 unspecified atom stereocenters. The van der Waals surface area contributed by atoms with Crippen molar-refractivity contribution in [1.29, 1.82) is 0 Å². The average molecular weight is 597 g/mol. The number of halogens is 14. The molecule has 0 spiro atoms. The molecular formula is C20H14BrF13O. The van der Waals surface area contributed by atoms with Crippen LogP contribution in [0.5, 0.6) is 0 Å². The molecule has 1 aromatic carbocycles. The van der Waals surface area contributed by atoms with Crippen LogP contribution in [0, 0.1) is 0 Å². The summed E-state index contributed by atoms with van der Waals surface area (Å²) in [4.78, 5) is 11.9. The second-order valence-electron chi connectivity index (χ2n) is 7.78. The van der Waals surface area contributed by atoms with Gasteiger partial charge in [0.1, 0.15) is 0 Å². The molecule has 1 atom stereocenters. The van der Waals surface area contributed by atoms with E-state index >= 15 is 0 Å². The first-order chi connectivity index (χ1) is 15.7. The fraction of sp³-hybridized carbons (Fsp3) is 0.550. The molecule has 1 fully saturated rings. The van der Waals surface area contributed by atoms with E-state index in [0.717, 1.165) is 0 Å². The third-order valence-electron chi connectivity index (χ3n) is 5.52. The maximum Gasteiger partial charge on any atom is 0.385 e. The summed E-state index contributed by atoms with van der Waals surface area (Å²) in [6, 6.07) is 7.19. The summed E-state index contributed by atoms with van der Waals surface area (Å²) in [6.45, 7) is 0. The summed E-state index contributed by atoms with van der Waals surface area (Å²) in [7, 11) is 0. The average Bonchev–Trinajstić information content (AvgIpc) is 2.78. The fourth-order valence-corrected chi connectivity index (χ4v) is 3.72. The second kappa shape index (κ2) is 9.25. The minimum absolute atomic E-state index is 0.0936. The Kier molecular flexibility index (Phi) is 7.78. The molecule has 0 bridgehead atoms. The molecule has 1 aliphatic rings. The number of alkyl halides is 13. The number of carbonyl (C=O) groups is 1. The highest BCUT2D eigenvalue weighted by Gasteiger charge is 2.90. The van der Waals surface area contributed by atoms with Gasteiger partial charge in [-0.2, -0.15) is 52.7 Å². The highest BCUT2D eigenvalue weighted by atomic mass is 79.9. The van der Waals surface area contributed by atoms with E-state index in [1.54, 1.807) is 15.9 Å². The number of hydrogen-bond acceptors (Lipinski definition) is 1. The summed E-state index contributed by atoms with van der Waals surface area (Å²) >= 11 is 1.61. The van der Waals surface area contributed by atoms with Crippen molar-refractivity contribution in [2.45, 2.75) is 60.7 Å². The van der Waals surface area contributed by atoms with Crippen LogP contribution in [-0.4, -0.2) is 46.6 Å². The van der Waals surface area contributed by atoms with Crippen LogP contribution in [0.4, 0.5) is 57.1 Å². The van der Waals surface area contributed by atoms with E-state index in [4.69, 9.17) is 0 Å². The molecule has 0 radical (unpaired) electrons. The van der Waals surface area contributed by atoms with Crippen LogP contribution in [0.2, 0.25) is 0 Å². The molecule has 0 heterocycles. The van der Waals surface area contributed by atoms with Gasteiger partial charge in [-0.1, -0.05) is 46.3 Å². The lowest BCUT2D eigenvalue weighted by Gasteiger charge is -2.41. The molecule has 2 rings (SSSR count). The smallest absolute Gasteiger partial charge is 0.294 e. The van der Waals surface area contributed by atoms with E-state index in [-0.39, 0.29) is 6.42 Å². The molecular weight excluding hydrogens is 583 g/mol. The lowest BCUT2D eigenvalue weighted by Crippen LogP contribution is -2.71. The fourth-order valence-electron chi connectivity index (χ4n) is 3.37. The summed E-state index contributed by atoms with van der Waals surface area (Å²) in [5.74, 6) is -49.7. The van der Waals surface area contributed by atoms with Crippen molar-refractivity contribution in [1.82, 2.24) is 0 Å². The van der Waals surface area contributed by atoms with E-state index < -0.39 is 76.8 Å². The third kappa shape index (κ3) is 4.45. The molecule has 198 valence electrons. The summed E-state index contributed by atoms with van der Waals surface area (Å²) < 4.78 is 180. The Morgan fingerprint density at radius 3 is 1.77 bits per heavy atom. The zero-order valence-electron chi connectivity index (χ0n) is 17.0. The van der Waals surface area contributed by atoms with E-state index in [1.165, 1.54) is 30.3 Å². The first-order valence-electron chi connectivity index (χ1n) is 9.50. The van der Waals surface area contributed by atoms with Gasteiger partial charge in [0.25, 0.3) is 0 Å². The van der Waals surface area contributed by atoms with Gasteiger partial charge in [0.2, 0.25) is 0 Å². The predicted octanol–water partition coefficient (Wildman–Crippen LogP) is 7.95. The first kappa shape index (κ1) is 29.4. The Morgan fingerprint density at radius 2 is 1.29 bits per heavy atom. The Labute approximate surface area is 197 Å². The molecule has 0 saturated heterocycles. The standard InChI is InChI=1S/C20H14BrF13O/c21-9-15(23,24)17(27,28)19(31,32)20(33,34)18(29,30)16(25,26)14(22)12-8-11(6-7-13(12)35)10-4-2-1-3-5-10/h1-5,11H,6-9H2/b14-12-. The largest absolute Gasteiger partial charge is 0.385 e. The van der Waals surface area contributed by atoms with E-state index in [0.29, 0.717) is 5.56 Å². The maximum atomic E-state index is 14.5. The van der Waals surface area contributed by atoms with Gasteiger partial charge in [0.15, 0.2) is 11.6 Å². The Balaban J connectivity index is 2.57. The summed E-state index contributed by atoms with van der Waals surface area (Å²) in [6.07, 6.45) is -1.84. The monoisotopic (exact) mass is 596 g/mol. The SMILES string of the molecule is O=C1CCC(c2ccccc2)C/C1=C(/F)C(F)(F)C(F)(F)C(F)(F)C(F)(F)C(F)(F)C(F)(F)CBr. The van der Waals surface area contributed by atoms with E-state index in [1.807, 2.05) is 0 Å². The number of rotatable bonds is 8. The van der Waals surface area contributed by atoms with Gasteiger partial charge in [0, 0.05) is 12.0 Å². The Hall–Kier alpha value is -1.80.